The minimum Gasteiger partial charge on any atom is -0.462 e. The van der Waals surface area contributed by atoms with Gasteiger partial charge in [0, 0.05) is 11.1 Å². The van der Waals surface area contributed by atoms with Crippen LogP contribution in [-0.4, -0.2) is 0 Å². The molecular weight excluding hydrogens is 320 g/mol. The highest BCUT2D eigenvalue weighted by Gasteiger charge is 2.20. The van der Waals surface area contributed by atoms with Crippen molar-refractivity contribution >= 4 is 0 Å². The summed E-state index contributed by atoms with van der Waals surface area (Å²) < 4.78 is 61.5. The summed E-state index contributed by atoms with van der Waals surface area (Å²) in [6.07, 6.45) is 4.58. The topological polar surface area (TPSA) is 9.23 Å². The van der Waals surface area contributed by atoms with Crippen LogP contribution in [0, 0.1) is 23.3 Å². The van der Waals surface area contributed by atoms with E-state index in [9.17, 15) is 17.6 Å². The van der Waals surface area contributed by atoms with Gasteiger partial charge in [-0.2, -0.15) is 4.39 Å². The Hall–Kier alpha value is -2.30. The fourth-order valence-electron chi connectivity index (χ4n) is 2.31. The Bertz CT molecular complexity index is 754. The number of halogens is 4. The molecule has 0 aromatic heterocycles. The molecule has 0 amide bonds. The monoisotopic (exact) mass is 338 g/mol. The second kappa shape index (κ2) is 7.99. The Balaban J connectivity index is 2.45. The van der Waals surface area contributed by atoms with E-state index in [1.165, 1.54) is 30.5 Å². The van der Waals surface area contributed by atoms with Gasteiger partial charge in [-0.3, -0.25) is 0 Å². The molecule has 0 radical (unpaired) electrons. The standard InChI is InChI=1S/C19H18F4O/c1-3-5-11-24-15-10-9-14(18(22)19(15)23)13-8-7-12(6-4-2)16(20)17(13)21/h5,7-11H,3-4,6H2,1-2H3. The molecule has 1 nitrogen and oxygen atoms in total. The highest BCUT2D eigenvalue weighted by molar-refractivity contribution is 5.66. The molecule has 0 spiro atoms. The van der Waals surface area contributed by atoms with Gasteiger partial charge in [0.15, 0.2) is 23.2 Å². The number of benzene rings is 2. The van der Waals surface area contributed by atoms with Gasteiger partial charge in [0.05, 0.1) is 6.26 Å². The first-order valence-corrected chi connectivity index (χ1v) is 7.78. The summed E-state index contributed by atoms with van der Waals surface area (Å²) in [4.78, 5) is 0. The molecule has 0 heterocycles. The molecule has 0 fully saturated rings. The molecule has 0 atom stereocenters. The van der Waals surface area contributed by atoms with Crippen LogP contribution in [0.3, 0.4) is 0 Å². The van der Waals surface area contributed by atoms with Crippen LogP contribution < -0.4 is 4.74 Å². The van der Waals surface area contributed by atoms with Crippen molar-refractivity contribution in [2.24, 2.45) is 0 Å². The van der Waals surface area contributed by atoms with Gasteiger partial charge in [-0.25, -0.2) is 13.2 Å². The summed E-state index contributed by atoms with van der Waals surface area (Å²) in [6.45, 7) is 3.70. The molecule has 0 aliphatic heterocycles. The van der Waals surface area contributed by atoms with Crippen molar-refractivity contribution in [1.82, 2.24) is 0 Å². The van der Waals surface area contributed by atoms with E-state index in [-0.39, 0.29) is 22.4 Å². The van der Waals surface area contributed by atoms with Crippen molar-refractivity contribution in [3.05, 3.63) is 65.4 Å². The Labute approximate surface area is 138 Å². The summed E-state index contributed by atoms with van der Waals surface area (Å²) in [5, 5.41) is 0. The van der Waals surface area contributed by atoms with Crippen molar-refractivity contribution in [1.29, 1.82) is 0 Å². The van der Waals surface area contributed by atoms with E-state index in [1.807, 2.05) is 13.8 Å². The van der Waals surface area contributed by atoms with E-state index < -0.39 is 23.3 Å². The maximum atomic E-state index is 14.2. The maximum Gasteiger partial charge on any atom is 0.201 e. The lowest BCUT2D eigenvalue weighted by molar-refractivity contribution is 0.414. The maximum absolute atomic E-state index is 14.2. The minimum absolute atomic E-state index is 0.212. The van der Waals surface area contributed by atoms with Crippen LogP contribution in [0.5, 0.6) is 5.75 Å². The second-order valence-electron chi connectivity index (χ2n) is 5.29. The zero-order chi connectivity index (χ0) is 17.7. The number of hydrogen-bond acceptors (Lipinski definition) is 1. The van der Waals surface area contributed by atoms with Gasteiger partial charge in [-0.1, -0.05) is 32.4 Å². The first-order chi connectivity index (χ1) is 11.5. The number of rotatable bonds is 6. The largest absolute Gasteiger partial charge is 0.462 e. The summed E-state index contributed by atoms with van der Waals surface area (Å²) in [5.74, 6) is -5.05. The van der Waals surface area contributed by atoms with Gasteiger partial charge < -0.3 is 4.74 Å². The number of hydrogen-bond donors (Lipinski definition) is 0. The van der Waals surface area contributed by atoms with Crippen LogP contribution in [-0.2, 0) is 6.42 Å². The molecule has 2 aromatic rings. The van der Waals surface area contributed by atoms with E-state index >= 15 is 0 Å². The number of aryl methyl sites for hydroxylation is 1. The number of ether oxygens (including phenoxy) is 1. The Morgan fingerprint density at radius 1 is 0.833 bits per heavy atom. The van der Waals surface area contributed by atoms with E-state index in [0.29, 0.717) is 19.3 Å². The van der Waals surface area contributed by atoms with Crippen LogP contribution in [0.4, 0.5) is 17.6 Å². The molecular formula is C19H18F4O. The SMILES string of the molecule is CCC=COc1ccc(-c2ccc(CCC)c(F)c2F)c(F)c1F. The zero-order valence-corrected chi connectivity index (χ0v) is 13.5. The molecule has 2 aromatic carbocycles. The Kier molecular flexibility index (Phi) is 6.01. The molecule has 24 heavy (non-hydrogen) atoms. The lowest BCUT2D eigenvalue weighted by Gasteiger charge is -2.11. The quantitative estimate of drug-likeness (QED) is 0.452. The summed E-state index contributed by atoms with van der Waals surface area (Å²) in [6, 6.07) is 5.01. The number of allylic oxidation sites excluding steroid dienone is 1. The predicted molar refractivity (Wildman–Crippen MR) is 85.8 cm³/mol. The third-order valence-electron chi connectivity index (χ3n) is 3.55. The summed E-state index contributed by atoms with van der Waals surface area (Å²) in [7, 11) is 0. The van der Waals surface area contributed by atoms with Gasteiger partial charge in [-0.05, 0) is 36.6 Å². The van der Waals surface area contributed by atoms with Crippen molar-refractivity contribution in [3.8, 4) is 16.9 Å². The smallest absolute Gasteiger partial charge is 0.201 e. The fourth-order valence-corrected chi connectivity index (χ4v) is 2.31. The van der Waals surface area contributed by atoms with E-state index in [1.54, 1.807) is 6.08 Å². The van der Waals surface area contributed by atoms with Crippen LogP contribution >= 0.6 is 0 Å². The van der Waals surface area contributed by atoms with Crippen molar-refractivity contribution in [2.75, 3.05) is 0 Å². The Morgan fingerprint density at radius 3 is 2.08 bits per heavy atom. The van der Waals surface area contributed by atoms with Gasteiger partial charge in [0.1, 0.15) is 0 Å². The summed E-state index contributed by atoms with van der Waals surface area (Å²) in [5.41, 5.74) is -0.456. The molecule has 0 N–H and O–H groups in total. The molecule has 0 aliphatic rings. The predicted octanol–water partition coefficient (Wildman–Crippen LogP) is 6.17. The highest BCUT2D eigenvalue weighted by atomic mass is 19.2. The fraction of sp³-hybridized carbons (Fsp3) is 0.263. The third kappa shape index (κ3) is 3.61. The van der Waals surface area contributed by atoms with Gasteiger partial charge >= 0.3 is 0 Å². The zero-order valence-electron chi connectivity index (χ0n) is 13.5. The lowest BCUT2D eigenvalue weighted by Crippen LogP contribution is -2.00. The average Bonchev–Trinajstić information content (AvgIpc) is 2.57. The van der Waals surface area contributed by atoms with Gasteiger partial charge in [-0.15, -0.1) is 0 Å². The van der Waals surface area contributed by atoms with E-state index in [0.717, 1.165) is 0 Å². The van der Waals surface area contributed by atoms with Crippen molar-refractivity contribution < 1.29 is 22.3 Å². The van der Waals surface area contributed by atoms with Crippen LogP contribution in [0.1, 0.15) is 32.3 Å². The van der Waals surface area contributed by atoms with E-state index in [4.69, 9.17) is 4.74 Å². The average molecular weight is 338 g/mol. The third-order valence-corrected chi connectivity index (χ3v) is 3.55. The molecule has 2 rings (SSSR count). The highest BCUT2D eigenvalue weighted by Crippen LogP contribution is 2.33. The first-order valence-electron chi connectivity index (χ1n) is 7.78. The first kappa shape index (κ1) is 18.0. The molecule has 0 aliphatic carbocycles. The van der Waals surface area contributed by atoms with E-state index in [2.05, 4.69) is 0 Å². The van der Waals surface area contributed by atoms with Crippen LogP contribution in [0.2, 0.25) is 0 Å². The van der Waals surface area contributed by atoms with Gasteiger partial charge in [0.2, 0.25) is 5.82 Å². The molecule has 5 heteroatoms. The minimum atomic E-state index is -1.28. The van der Waals surface area contributed by atoms with Crippen LogP contribution in [0.25, 0.3) is 11.1 Å². The van der Waals surface area contributed by atoms with Crippen molar-refractivity contribution in [2.45, 2.75) is 33.1 Å². The van der Waals surface area contributed by atoms with Crippen molar-refractivity contribution in [3.63, 3.8) is 0 Å². The summed E-state index contributed by atoms with van der Waals surface area (Å²) >= 11 is 0. The molecule has 0 saturated heterocycles. The molecule has 128 valence electrons. The Morgan fingerprint density at radius 2 is 1.46 bits per heavy atom. The molecule has 0 saturated carbocycles. The van der Waals surface area contributed by atoms with Gasteiger partial charge in [0.25, 0.3) is 0 Å². The molecule has 0 unspecified atom stereocenters. The molecule has 0 bridgehead atoms. The van der Waals surface area contributed by atoms with Crippen LogP contribution in [0.15, 0.2) is 36.6 Å². The second-order valence-corrected chi connectivity index (χ2v) is 5.29. The normalized spacial score (nSPS) is 11.2. The lowest BCUT2D eigenvalue weighted by atomic mass is 10.00.